The van der Waals surface area contributed by atoms with Crippen molar-refractivity contribution in [3.63, 3.8) is 0 Å². The van der Waals surface area contributed by atoms with Gasteiger partial charge in [0.1, 0.15) is 10.6 Å². The normalized spacial score (nSPS) is 13.7. The predicted octanol–water partition coefficient (Wildman–Crippen LogP) is 5.84. The third-order valence-corrected chi connectivity index (χ3v) is 10.6. The van der Waals surface area contributed by atoms with Gasteiger partial charge in [-0.15, -0.1) is 0 Å². The van der Waals surface area contributed by atoms with Gasteiger partial charge in [-0.1, -0.05) is 39.8 Å². The van der Waals surface area contributed by atoms with Gasteiger partial charge in [-0.2, -0.15) is 0 Å². The minimum Gasteiger partial charge on any atom is -0.593 e. The van der Waals surface area contributed by atoms with Gasteiger partial charge in [0.2, 0.25) is 0 Å². The Bertz CT molecular complexity index is 1750. The summed E-state index contributed by atoms with van der Waals surface area (Å²) in [5.41, 5.74) is 0.0980. The number of ketones is 1. The molecule has 9 nitrogen and oxygen atoms in total. The molecule has 0 aliphatic rings. The molecule has 1 aromatic heterocycles. The topological polar surface area (TPSA) is 146 Å². The molecule has 0 fully saturated rings. The standard InChI is InChI=1S/C33H41FN2O7S2/c1-9-45(42,43)19-20-10-15-23(30(39)21-11-13-22(34)14-12-21)24(16-20)25-18-36(8)31(40)29(35-44(41)33(5,6)7)28(25)26(17-27(37)38)32(2,3)4/h10-16,18,26,35H,9,17,19H2,1-8H3,(H,37,38)/t26-,44?/m1/s1. The van der Waals surface area contributed by atoms with E-state index in [0.717, 1.165) is 12.1 Å². The Hall–Kier alpha value is -3.48. The summed E-state index contributed by atoms with van der Waals surface area (Å²) >= 11 is -1.80. The van der Waals surface area contributed by atoms with E-state index in [9.17, 15) is 36.9 Å². The smallest absolute Gasteiger partial charge is 0.303 e. The Morgan fingerprint density at radius 1 is 1.04 bits per heavy atom. The molecule has 0 spiro atoms. The molecule has 0 bridgehead atoms. The van der Waals surface area contributed by atoms with Gasteiger partial charge in [-0.05, 0) is 73.2 Å². The molecule has 2 atom stereocenters. The van der Waals surface area contributed by atoms with Crippen molar-refractivity contribution in [3.8, 4) is 11.1 Å². The Morgan fingerprint density at radius 3 is 2.16 bits per heavy atom. The van der Waals surface area contributed by atoms with Gasteiger partial charge in [0.05, 0.1) is 23.5 Å². The number of carbonyl (C=O) groups is 2. The first-order chi connectivity index (χ1) is 20.7. The molecule has 0 aliphatic heterocycles. The first kappa shape index (κ1) is 36.0. The number of hydrogen-bond donors (Lipinski definition) is 2. The van der Waals surface area contributed by atoms with Crippen LogP contribution in [-0.4, -0.2) is 44.9 Å². The number of rotatable bonds is 11. The molecule has 0 saturated heterocycles. The zero-order valence-electron chi connectivity index (χ0n) is 26.9. The molecule has 3 rings (SSSR count). The van der Waals surface area contributed by atoms with E-state index in [1.54, 1.807) is 26.8 Å². The number of nitrogens with one attached hydrogen (secondary N) is 1. The Morgan fingerprint density at radius 2 is 1.64 bits per heavy atom. The Balaban J connectivity index is 2.54. The highest BCUT2D eigenvalue weighted by molar-refractivity contribution is 7.94. The lowest BCUT2D eigenvalue weighted by atomic mass is 9.72. The second-order valence-corrected chi connectivity index (χ2v) is 17.5. The molecule has 2 N–H and O–H groups in total. The zero-order chi connectivity index (χ0) is 34.1. The summed E-state index contributed by atoms with van der Waals surface area (Å²) in [6, 6.07) is 9.54. The second kappa shape index (κ2) is 13.5. The number of aliphatic carboxylic acids is 1. The molecule has 0 amide bonds. The van der Waals surface area contributed by atoms with Gasteiger partial charge in [0.25, 0.3) is 5.56 Å². The molecule has 3 aromatic rings. The molecule has 1 unspecified atom stereocenters. The maximum Gasteiger partial charge on any atom is 0.303 e. The van der Waals surface area contributed by atoms with Crippen molar-refractivity contribution in [1.29, 1.82) is 0 Å². The van der Waals surface area contributed by atoms with Crippen LogP contribution in [0.1, 0.15) is 87.9 Å². The van der Waals surface area contributed by atoms with E-state index in [1.807, 2.05) is 20.8 Å². The van der Waals surface area contributed by atoms with Gasteiger partial charge in [0.15, 0.2) is 21.3 Å². The summed E-state index contributed by atoms with van der Waals surface area (Å²) in [4.78, 5) is 39.9. The second-order valence-electron chi connectivity index (χ2n) is 13.1. The van der Waals surface area contributed by atoms with Crippen LogP contribution in [0.2, 0.25) is 0 Å². The third-order valence-electron chi connectivity index (χ3n) is 7.49. The van der Waals surface area contributed by atoms with Gasteiger partial charge in [0, 0.05) is 41.6 Å². The van der Waals surface area contributed by atoms with E-state index in [0.29, 0.717) is 11.1 Å². The number of carboxylic acids is 1. The monoisotopic (exact) mass is 660 g/mol. The molecule has 45 heavy (non-hydrogen) atoms. The van der Waals surface area contributed by atoms with E-state index in [-0.39, 0.29) is 39.4 Å². The molecular formula is C33H41FN2O7S2. The number of aromatic nitrogens is 1. The number of anilines is 1. The largest absolute Gasteiger partial charge is 0.593 e. The number of sulfone groups is 1. The van der Waals surface area contributed by atoms with Crippen molar-refractivity contribution in [3.05, 3.63) is 87.1 Å². The number of hydrogen-bond acceptors (Lipinski definition) is 7. The van der Waals surface area contributed by atoms with Crippen molar-refractivity contribution in [2.45, 2.75) is 71.3 Å². The van der Waals surface area contributed by atoms with E-state index in [4.69, 9.17) is 0 Å². The average Bonchev–Trinajstić information content (AvgIpc) is 2.93. The van der Waals surface area contributed by atoms with Gasteiger partial charge in [-0.3, -0.25) is 14.4 Å². The quantitative estimate of drug-likeness (QED) is 0.193. The number of benzene rings is 2. The molecule has 0 aliphatic carbocycles. The van der Waals surface area contributed by atoms with Crippen LogP contribution in [0.4, 0.5) is 10.1 Å². The summed E-state index contributed by atoms with van der Waals surface area (Å²) < 4.78 is 55.7. The van der Waals surface area contributed by atoms with Crippen LogP contribution in [-0.2, 0) is 38.8 Å². The lowest BCUT2D eigenvalue weighted by molar-refractivity contribution is -0.138. The Kier molecular flexibility index (Phi) is 10.8. The van der Waals surface area contributed by atoms with Crippen LogP contribution in [0.25, 0.3) is 11.1 Å². The minimum absolute atomic E-state index is 0.0730. The SMILES string of the molecule is CCS(=O)(=O)Cc1ccc(C(=O)c2ccc(F)cc2)c(-c2cn(C)c(=O)c(N[S+]([O-])C(C)(C)C)c2[C@@H](CC(=O)O)C(C)(C)C)c1. The zero-order valence-corrected chi connectivity index (χ0v) is 28.5. The lowest BCUT2D eigenvalue weighted by Crippen LogP contribution is -2.38. The van der Waals surface area contributed by atoms with Crippen LogP contribution >= 0.6 is 0 Å². The number of halogens is 1. The maximum atomic E-state index is 13.9. The van der Waals surface area contributed by atoms with Crippen molar-refractivity contribution >= 4 is 38.6 Å². The van der Waals surface area contributed by atoms with Crippen molar-refractivity contribution in [2.75, 3.05) is 10.5 Å². The fraction of sp³-hybridized carbons (Fsp3) is 0.424. The number of aryl methyl sites for hydroxylation is 1. The predicted molar refractivity (Wildman–Crippen MR) is 176 cm³/mol. The van der Waals surface area contributed by atoms with Gasteiger partial charge < -0.3 is 14.2 Å². The molecule has 0 radical (unpaired) electrons. The van der Waals surface area contributed by atoms with Crippen LogP contribution in [0, 0.1) is 11.2 Å². The molecular weight excluding hydrogens is 620 g/mol. The van der Waals surface area contributed by atoms with Crippen molar-refractivity contribution < 1.29 is 32.1 Å². The van der Waals surface area contributed by atoms with Crippen LogP contribution in [0.5, 0.6) is 0 Å². The Labute approximate surface area is 267 Å². The summed E-state index contributed by atoms with van der Waals surface area (Å²) in [5.74, 6) is -3.41. The number of carboxylic acid groups (broad SMARTS) is 1. The van der Waals surface area contributed by atoms with Gasteiger partial charge in [-0.25, -0.2) is 17.5 Å². The van der Waals surface area contributed by atoms with Crippen LogP contribution in [0.15, 0.2) is 53.5 Å². The van der Waals surface area contributed by atoms with Crippen molar-refractivity contribution in [1.82, 2.24) is 4.57 Å². The highest BCUT2D eigenvalue weighted by Gasteiger charge is 2.37. The summed E-state index contributed by atoms with van der Waals surface area (Å²) in [7, 11) is -2.01. The lowest BCUT2D eigenvalue weighted by Gasteiger charge is -2.34. The van der Waals surface area contributed by atoms with Gasteiger partial charge >= 0.3 is 5.97 Å². The van der Waals surface area contributed by atoms with Crippen LogP contribution < -0.4 is 10.3 Å². The van der Waals surface area contributed by atoms with E-state index in [2.05, 4.69) is 4.72 Å². The molecule has 1 heterocycles. The fourth-order valence-corrected chi connectivity index (χ4v) is 6.48. The van der Waals surface area contributed by atoms with E-state index >= 15 is 0 Å². The number of carbonyl (C=O) groups excluding carboxylic acids is 1. The highest BCUT2D eigenvalue weighted by Crippen LogP contribution is 2.46. The molecule has 0 saturated carbocycles. The molecule has 244 valence electrons. The first-order valence-corrected chi connectivity index (χ1v) is 17.4. The third kappa shape index (κ3) is 8.62. The molecule has 12 heteroatoms. The molecule has 2 aromatic carbocycles. The summed E-state index contributed by atoms with van der Waals surface area (Å²) in [5, 5.41) is 9.99. The minimum atomic E-state index is -3.49. The highest BCUT2D eigenvalue weighted by atomic mass is 32.2. The van der Waals surface area contributed by atoms with Crippen LogP contribution in [0.3, 0.4) is 0 Å². The number of nitrogens with zero attached hydrogens (tertiary/aromatic N) is 1. The van der Waals surface area contributed by atoms with Crippen molar-refractivity contribution in [2.24, 2.45) is 12.5 Å². The number of pyridine rings is 1. The summed E-state index contributed by atoms with van der Waals surface area (Å²) in [6.45, 7) is 12.2. The van der Waals surface area contributed by atoms with E-state index in [1.165, 1.54) is 49.0 Å². The maximum absolute atomic E-state index is 13.9. The first-order valence-electron chi connectivity index (χ1n) is 14.4. The average molecular weight is 661 g/mol. The summed E-state index contributed by atoms with van der Waals surface area (Å²) in [6.07, 6.45) is 1.09. The fourth-order valence-electron chi connectivity index (χ4n) is 4.90. The van der Waals surface area contributed by atoms with E-state index < -0.39 is 66.8 Å².